The summed E-state index contributed by atoms with van der Waals surface area (Å²) in [5.74, 6) is 5.83. The number of aliphatic hydroxyl groups excluding tert-OH is 3. The van der Waals surface area contributed by atoms with Gasteiger partial charge in [0.25, 0.3) is 0 Å². The second-order valence-corrected chi connectivity index (χ2v) is 25.0. The van der Waals surface area contributed by atoms with Crippen LogP contribution in [0.25, 0.3) is 10.8 Å². The number of H-pyrrole nitrogens is 1. The Labute approximate surface area is 485 Å². The summed E-state index contributed by atoms with van der Waals surface area (Å²) in [6.45, 7) is 8.17. The molecule has 10 rings (SSSR count). The van der Waals surface area contributed by atoms with Gasteiger partial charge in [-0.3, -0.25) is 9.59 Å². The number of nitrogens with one attached hydrogen (secondary N) is 4. The van der Waals surface area contributed by atoms with Gasteiger partial charge in [-0.15, -0.1) is 0 Å². The number of aromatic amines is 1. The molecule has 3 aliphatic carbocycles. The number of Topliss-reactive ketones (excluding diaryl/α,β-unsaturated/α-hetero) is 2. The molecule has 2 fully saturated rings. The number of allylic oxidation sites excluding steroid dienone is 2. The van der Waals surface area contributed by atoms with Crippen LogP contribution < -0.4 is 20.7 Å². The second-order valence-electron chi connectivity index (χ2n) is 25.0. The minimum absolute atomic E-state index is 0.0116. The van der Waals surface area contributed by atoms with Crippen LogP contribution in [0.3, 0.4) is 0 Å². The van der Waals surface area contributed by atoms with Crippen molar-refractivity contribution in [1.82, 2.24) is 15.6 Å². The number of phenolic OH excluding ortho intramolecular Hbond substituents is 2. The van der Waals surface area contributed by atoms with Gasteiger partial charge in [0.1, 0.15) is 11.6 Å². The van der Waals surface area contributed by atoms with E-state index in [1.165, 1.54) is 13.5 Å². The number of rotatable bonds is 8. The van der Waals surface area contributed by atoms with Crippen LogP contribution in [-0.4, -0.2) is 87.1 Å². The van der Waals surface area contributed by atoms with Gasteiger partial charge in [-0.25, -0.2) is 0 Å². The molecule has 12 atom stereocenters. The summed E-state index contributed by atoms with van der Waals surface area (Å²) >= 11 is 0. The molecule has 2 saturated carbocycles. The van der Waals surface area contributed by atoms with Crippen LogP contribution in [0.15, 0.2) is 109 Å². The molecule has 5 aliphatic rings. The molecule has 9 bridgehead atoms. The summed E-state index contributed by atoms with van der Waals surface area (Å²) in [6.07, 6.45) is 15.7. The first-order valence-corrected chi connectivity index (χ1v) is 30.9. The van der Waals surface area contributed by atoms with E-state index in [-0.39, 0.29) is 53.8 Å². The van der Waals surface area contributed by atoms with Crippen molar-refractivity contribution in [2.45, 2.75) is 165 Å². The Balaban J connectivity index is 1.11. The summed E-state index contributed by atoms with van der Waals surface area (Å²) in [6, 6.07) is 25.5. The number of carbonyl (C=O) groups excluding carboxylic acids is 2. The molecule has 0 unspecified atom stereocenters. The molecule has 1 aromatic heterocycles. The summed E-state index contributed by atoms with van der Waals surface area (Å²) in [5, 5.41) is 72.6. The fraction of sp³-hybridized carbons (Fsp3) is 0.514. The fourth-order valence-corrected chi connectivity index (χ4v) is 15.0. The highest BCUT2D eigenvalue weighted by Crippen LogP contribution is 2.53. The van der Waals surface area contributed by atoms with E-state index in [1.807, 2.05) is 60.7 Å². The van der Waals surface area contributed by atoms with Crippen LogP contribution in [0.1, 0.15) is 162 Å². The molecule has 1 spiro atoms. The van der Waals surface area contributed by atoms with Crippen molar-refractivity contribution in [1.29, 1.82) is 0 Å². The summed E-state index contributed by atoms with van der Waals surface area (Å²) in [4.78, 5) is 33.6. The van der Waals surface area contributed by atoms with Crippen LogP contribution in [-0.2, 0) is 27.8 Å². The Morgan fingerprint density at radius 3 is 2.46 bits per heavy atom. The van der Waals surface area contributed by atoms with Crippen LogP contribution >= 0.6 is 0 Å². The maximum Gasteiger partial charge on any atom is 0.173 e. The third-order valence-electron chi connectivity index (χ3n) is 19.4. The molecule has 436 valence electrons. The predicted octanol–water partition coefficient (Wildman–Crippen LogP) is 11.8. The van der Waals surface area contributed by atoms with Crippen LogP contribution in [0.2, 0.25) is 0 Å². The smallest absolute Gasteiger partial charge is 0.173 e. The number of ketones is 2. The molecule has 0 amide bonds. The molecule has 2 aliphatic heterocycles. The number of dihydropyridines is 1. The van der Waals surface area contributed by atoms with Gasteiger partial charge < -0.3 is 51.2 Å². The molecular weight excluding hydrogens is 1020 g/mol. The molecule has 12 heteroatoms. The van der Waals surface area contributed by atoms with Gasteiger partial charge in [0.2, 0.25) is 0 Å². The van der Waals surface area contributed by atoms with Crippen molar-refractivity contribution in [3.8, 4) is 29.1 Å². The first-order valence-electron chi connectivity index (χ1n) is 30.9. The lowest BCUT2D eigenvalue weighted by molar-refractivity contribution is -0.142. The van der Waals surface area contributed by atoms with Gasteiger partial charge in [0.05, 0.1) is 25.2 Å². The third kappa shape index (κ3) is 13.0. The highest BCUT2D eigenvalue weighted by Gasteiger charge is 2.51. The van der Waals surface area contributed by atoms with E-state index in [0.717, 1.165) is 108 Å². The first kappa shape index (κ1) is 58.8. The Morgan fingerprint density at radius 2 is 1.66 bits per heavy atom. The lowest BCUT2D eigenvalue weighted by Gasteiger charge is -2.48. The molecule has 3 heterocycles. The maximum absolute atomic E-state index is 15.4. The number of unbranched alkanes of at least 4 members (excludes halogenated alkanes) is 2. The summed E-state index contributed by atoms with van der Waals surface area (Å²) in [7, 11) is 1.49. The number of phenols is 2. The molecule has 12 nitrogen and oxygen atoms in total. The fourth-order valence-electron chi connectivity index (χ4n) is 15.0. The van der Waals surface area contributed by atoms with Gasteiger partial charge in [0, 0.05) is 72.7 Å². The number of anilines is 1. The van der Waals surface area contributed by atoms with Crippen LogP contribution in [0.5, 0.6) is 17.2 Å². The van der Waals surface area contributed by atoms with Gasteiger partial charge in [0.15, 0.2) is 29.2 Å². The standard InChI is InChI=1S/C70H88N4O8/c1-5-7-9-14-44-15-12-27-70(39-44)64-36-53(41-73-64)43(3)40-71-42-55(75)33-51-19-18-48-20-23-54(37-60(48)66(51)78)74-65-32-45(26-28-72-65)29-46-30-49-21-24-56(47-16-10-8-11-17-47)58-38-62(77)63(82-4)35-50(58)22-25-61(76)68(80)67(79)59(49)34-52(31-46)57(13-6-2)69(70)81/h8,10-11,16-20,23,26,32,35-38,41,43-44,46,49,52,55-57,59,68-69,71-75,77-78,80-81H,5-7,9,12-15,22,25,27-31,33-34,39-40,42H2,1-4H3/t43-,44+,46+,49-,52-,55+,56+,57-,59+,68-,69-,70+/m0/s1. The predicted molar refractivity (Wildman–Crippen MR) is 325 cm³/mol. The monoisotopic (exact) mass is 1110 g/mol. The van der Waals surface area contributed by atoms with E-state index < -0.39 is 53.0 Å². The number of β-amino-alcohol motifs (C(OH)–C–C–N with tert-alkyl or cyclic N) is 1. The first-order chi connectivity index (χ1) is 39.7. The Hall–Kier alpha value is -6.36. The minimum atomic E-state index is -1.85. The van der Waals surface area contributed by atoms with Crippen molar-refractivity contribution in [3.05, 3.63) is 142 Å². The SMILES string of the molecule is CCCCC[C@@H]1CCC[C@@]2(C1)c1cc(c[nH]1)[C@@H](C)CNC[C@H](O)Cc1ccc3ccc(cc3c1O)NC1=CC(=CCN1)C[C@H]1C[C@@H](C[C@H]3C(=O)[C@@H](O)C(=O)CCc4cc(OC)c(O)cc4[C@@H](c4ccccc4)C#C[C@H]3C1)[C@H](CCC)[C@@H]2O. The van der Waals surface area contributed by atoms with Gasteiger partial charge in [-0.1, -0.05) is 132 Å². The molecule has 0 radical (unpaired) electrons. The zero-order valence-electron chi connectivity index (χ0n) is 48.7. The number of hydrogen-bond donors (Lipinski definition) is 9. The number of ether oxygens (including phenoxy) is 1. The number of carbonyl (C=O) groups is 2. The van der Waals surface area contributed by atoms with Crippen molar-refractivity contribution >= 4 is 28.0 Å². The lowest BCUT2D eigenvalue weighted by Crippen LogP contribution is -2.50. The third-order valence-corrected chi connectivity index (χ3v) is 19.4. The van der Waals surface area contributed by atoms with Crippen molar-refractivity contribution in [2.24, 2.45) is 35.5 Å². The molecule has 0 saturated heterocycles. The lowest BCUT2D eigenvalue weighted by atomic mass is 9.58. The van der Waals surface area contributed by atoms with E-state index in [0.29, 0.717) is 68.6 Å². The molecule has 82 heavy (non-hydrogen) atoms. The Kier molecular flexibility index (Phi) is 19.0. The molecule has 4 aromatic carbocycles. The number of aryl methyl sites for hydroxylation is 1. The number of aromatic hydroxyl groups is 2. The topological polar surface area (TPSA) is 196 Å². The quantitative estimate of drug-likeness (QED) is 0.0407. The van der Waals surface area contributed by atoms with Gasteiger partial charge in [-0.05, 0) is 156 Å². The summed E-state index contributed by atoms with van der Waals surface area (Å²) < 4.78 is 5.57. The maximum atomic E-state index is 15.4. The normalized spacial score (nSPS) is 29.4. The Morgan fingerprint density at radius 1 is 0.829 bits per heavy atom. The zero-order valence-corrected chi connectivity index (χ0v) is 48.7. The van der Waals surface area contributed by atoms with Gasteiger partial charge in [-0.2, -0.15) is 0 Å². The average Bonchev–Trinajstić information content (AvgIpc) is 4.07. The van der Waals surface area contributed by atoms with E-state index in [2.05, 4.69) is 78.0 Å². The molecular formula is C70H88N4O8. The van der Waals surface area contributed by atoms with Crippen molar-refractivity contribution < 1.29 is 39.9 Å². The van der Waals surface area contributed by atoms with E-state index >= 15 is 4.79 Å². The number of methoxy groups -OCH3 is 1. The average molecular weight is 1110 g/mol. The zero-order chi connectivity index (χ0) is 57.5. The highest BCUT2D eigenvalue weighted by molar-refractivity contribution is 6.06. The highest BCUT2D eigenvalue weighted by atomic mass is 16.5. The van der Waals surface area contributed by atoms with Crippen molar-refractivity contribution in [2.75, 3.05) is 32.1 Å². The van der Waals surface area contributed by atoms with E-state index in [9.17, 15) is 30.3 Å². The number of benzene rings is 4. The number of aromatic nitrogens is 1. The van der Waals surface area contributed by atoms with E-state index in [1.54, 1.807) is 12.1 Å². The number of hydrogen-bond acceptors (Lipinski definition) is 11. The number of aliphatic hydroxyl groups is 3. The number of fused-ring (bicyclic) bond motifs is 10. The Bertz CT molecular complexity index is 3170. The van der Waals surface area contributed by atoms with Crippen LogP contribution in [0, 0.1) is 47.3 Å². The minimum Gasteiger partial charge on any atom is -0.507 e. The van der Waals surface area contributed by atoms with E-state index in [4.69, 9.17) is 4.74 Å². The van der Waals surface area contributed by atoms with Crippen molar-refractivity contribution in [3.63, 3.8) is 0 Å². The van der Waals surface area contributed by atoms with Gasteiger partial charge >= 0.3 is 0 Å². The molecule has 9 N–H and O–H groups in total. The van der Waals surface area contributed by atoms with Crippen LogP contribution in [0.4, 0.5) is 5.69 Å². The summed E-state index contributed by atoms with van der Waals surface area (Å²) in [5.41, 5.74) is 6.59. The molecule has 5 aromatic rings. The largest absolute Gasteiger partial charge is 0.507 e. The second kappa shape index (κ2) is 26.5.